The largest absolute Gasteiger partial charge is 0.481 e. The second-order valence-electron chi connectivity index (χ2n) is 4.03. The molecule has 2 N–H and O–H groups in total. The Kier molecular flexibility index (Phi) is 3.87. The van der Waals surface area contributed by atoms with E-state index in [0.29, 0.717) is 0 Å². The van der Waals surface area contributed by atoms with Gasteiger partial charge in [-0.2, -0.15) is 0 Å². The monoisotopic (exact) mass is 302 g/mol. The van der Waals surface area contributed by atoms with Crippen LogP contribution in [0.15, 0.2) is 23.3 Å². The Labute approximate surface area is 106 Å². The lowest BCUT2D eigenvalue weighted by Crippen LogP contribution is -2.31. The number of hydrogen-bond acceptors (Lipinski definition) is 3. The molecule has 0 saturated heterocycles. The fraction of sp³-hybridized carbons (Fsp3) is 0.364. The third-order valence-corrected chi connectivity index (χ3v) is 3.08. The normalized spacial score (nSPS) is 23.6. The molecule has 17 heavy (non-hydrogen) atoms. The summed E-state index contributed by atoms with van der Waals surface area (Å²) in [6.45, 7) is 1.40. The van der Waals surface area contributed by atoms with Crippen LogP contribution in [-0.2, 0) is 14.4 Å². The van der Waals surface area contributed by atoms with Crippen LogP contribution in [0.2, 0.25) is 0 Å². The maximum atomic E-state index is 11.5. The van der Waals surface area contributed by atoms with Crippen LogP contribution < -0.4 is 0 Å². The molecule has 0 aromatic heterocycles. The van der Waals surface area contributed by atoms with Crippen molar-refractivity contribution >= 4 is 33.7 Å². The minimum Gasteiger partial charge on any atom is -0.481 e. The van der Waals surface area contributed by atoms with Gasteiger partial charge in [-0.3, -0.25) is 9.59 Å². The number of halogens is 1. The van der Waals surface area contributed by atoms with E-state index in [9.17, 15) is 14.4 Å². The van der Waals surface area contributed by atoms with Crippen molar-refractivity contribution in [2.75, 3.05) is 5.33 Å². The number of carboxylic acid groups (broad SMARTS) is 2. The Balaban J connectivity index is 3.24. The lowest BCUT2D eigenvalue weighted by molar-refractivity contribution is -0.145. The van der Waals surface area contributed by atoms with Gasteiger partial charge in [0.15, 0.2) is 5.78 Å². The topological polar surface area (TPSA) is 91.7 Å². The first-order valence-corrected chi connectivity index (χ1v) is 5.91. The maximum absolute atomic E-state index is 11.5. The van der Waals surface area contributed by atoms with E-state index in [-0.39, 0.29) is 28.7 Å². The molecule has 0 heterocycles. The molecule has 0 aromatic carbocycles. The van der Waals surface area contributed by atoms with Crippen LogP contribution in [0.25, 0.3) is 0 Å². The van der Waals surface area contributed by atoms with Gasteiger partial charge in [-0.15, -0.1) is 0 Å². The van der Waals surface area contributed by atoms with Crippen molar-refractivity contribution in [2.24, 2.45) is 5.41 Å². The quantitative estimate of drug-likeness (QED) is 0.766. The molecule has 1 aliphatic carbocycles. The molecule has 1 rings (SSSR count). The number of Topliss-reactive ketones (excluding diaryl/α,β-unsaturated/α-hetero) is 1. The highest BCUT2D eigenvalue weighted by Crippen LogP contribution is 2.34. The number of carbonyl (C=O) groups excluding carboxylic acids is 1. The lowest BCUT2D eigenvalue weighted by atomic mass is 9.77. The standard InChI is InChI=1S/C11H11BrO5/c1-11(10(16)17)3-6(8(13)5-12)2-7(4-11)9(14)15/h2-3H,4-5H2,1H3,(H,14,15)(H,16,17). The van der Waals surface area contributed by atoms with Gasteiger partial charge in [0, 0.05) is 11.1 Å². The van der Waals surface area contributed by atoms with E-state index >= 15 is 0 Å². The molecule has 1 aliphatic rings. The Morgan fingerprint density at radius 2 is 2.00 bits per heavy atom. The highest BCUT2D eigenvalue weighted by molar-refractivity contribution is 9.09. The van der Waals surface area contributed by atoms with Crippen LogP contribution in [0, 0.1) is 5.41 Å². The van der Waals surface area contributed by atoms with Crippen molar-refractivity contribution in [3.63, 3.8) is 0 Å². The van der Waals surface area contributed by atoms with Crippen molar-refractivity contribution in [3.8, 4) is 0 Å². The average Bonchev–Trinajstić information content (AvgIpc) is 2.26. The Morgan fingerprint density at radius 1 is 1.41 bits per heavy atom. The van der Waals surface area contributed by atoms with Crippen molar-refractivity contribution in [3.05, 3.63) is 23.3 Å². The third kappa shape index (κ3) is 2.82. The van der Waals surface area contributed by atoms with Gasteiger partial charge in [-0.05, 0) is 19.4 Å². The van der Waals surface area contributed by atoms with Gasteiger partial charge in [0.05, 0.1) is 10.7 Å². The van der Waals surface area contributed by atoms with E-state index in [1.54, 1.807) is 0 Å². The molecule has 1 unspecified atom stereocenters. The van der Waals surface area contributed by atoms with Crippen molar-refractivity contribution in [1.82, 2.24) is 0 Å². The number of carbonyl (C=O) groups is 3. The van der Waals surface area contributed by atoms with E-state index in [1.165, 1.54) is 19.1 Å². The summed E-state index contributed by atoms with van der Waals surface area (Å²) in [6, 6.07) is 0. The number of hydrogen-bond donors (Lipinski definition) is 2. The van der Waals surface area contributed by atoms with Crippen LogP contribution in [-0.4, -0.2) is 33.3 Å². The van der Waals surface area contributed by atoms with Crippen molar-refractivity contribution < 1.29 is 24.6 Å². The maximum Gasteiger partial charge on any atom is 0.331 e. The minimum absolute atomic E-state index is 0.0257. The number of aliphatic carboxylic acids is 2. The predicted molar refractivity (Wildman–Crippen MR) is 63.0 cm³/mol. The molecule has 0 saturated carbocycles. The zero-order valence-electron chi connectivity index (χ0n) is 9.07. The SMILES string of the molecule is CC1(C(=O)O)C=C(C(=O)CBr)C=C(C(=O)O)C1. The summed E-state index contributed by atoms with van der Waals surface area (Å²) in [5, 5.41) is 18.0. The molecule has 92 valence electrons. The summed E-state index contributed by atoms with van der Waals surface area (Å²) >= 11 is 2.97. The molecule has 0 radical (unpaired) electrons. The number of alkyl halides is 1. The lowest BCUT2D eigenvalue weighted by Gasteiger charge is -2.25. The van der Waals surface area contributed by atoms with Gasteiger partial charge in [0.1, 0.15) is 0 Å². The summed E-state index contributed by atoms with van der Waals surface area (Å²) in [5.74, 6) is -2.69. The summed E-state index contributed by atoms with van der Waals surface area (Å²) in [6.07, 6.45) is 2.42. The molecule has 0 bridgehead atoms. The van der Waals surface area contributed by atoms with Gasteiger partial charge < -0.3 is 10.2 Å². The highest BCUT2D eigenvalue weighted by atomic mass is 79.9. The van der Waals surface area contributed by atoms with Crippen molar-refractivity contribution in [2.45, 2.75) is 13.3 Å². The molecule has 0 fully saturated rings. The number of rotatable bonds is 4. The van der Waals surface area contributed by atoms with E-state index < -0.39 is 17.4 Å². The van der Waals surface area contributed by atoms with Gasteiger partial charge >= 0.3 is 11.9 Å². The van der Waals surface area contributed by atoms with E-state index in [1.807, 2.05) is 0 Å². The molecular formula is C11H11BrO5. The molecule has 0 aliphatic heterocycles. The summed E-state index contributed by atoms with van der Waals surface area (Å²) < 4.78 is 0. The van der Waals surface area contributed by atoms with Crippen LogP contribution in [0.5, 0.6) is 0 Å². The fourth-order valence-electron chi connectivity index (χ4n) is 1.58. The second-order valence-corrected chi connectivity index (χ2v) is 4.59. The minimum atomic E-state index is -1.35. The first-order chi connectivity index (χ1) is 7.80. The summed E-state index contributed by atoms with van der Waals surface area (Å²) in [7, 11) is 0. The summed E-state index contributed by atoms with van der Waals surface area (Å²) in [4.78, 5) is 33.5. The molecule has 1 atom stereocenters. The molecule has 0 amide bonds. The van der Waals surface area contributed by atoms with E-state index in [4.69, 9.17) is 10.2 Å². The van der Waals surface area contributed by atoms with Gasteiger partial charge in [-0.1, -0.05) is 22.0 Å². The fourth-order valence-corrected chi connectivity index (χ4v) is 1.91. The second kappa shape index (κ2) is 4.83. The predicted octanol–water partition coefficient (Wildman–Crippen LogP) is 1.38. The number of ketones is 1. The van der Waals surface area contributed by atoms with Gasteiger partial charge in [-0.25, -0.2) is 4.79 Å². The molecule has 0 aromatic rings. The smallest absolute Gasteiger partial charge is 0.331 e. The van der Waals surface area contributed by atoms with Crippen molar-refractivity contribution in [1.29, 1.82) is 0 Å². The first-order valence-electron chi connectivity index (χ1n) is 4.79. The first kappa shape index (κ1) is 13.6. The Bertz CT molecular complexity index is 449. The molecular weight excluding hydrogens is 292 g/mol. The van der Waals surface area contributed by atoms with Crippen LogP contribution in [0.3, 0.4) is 0 Å². The highest BCUT2D eigenvalue weighted by Gasteiger charge is 2.37. The molecule has 0 spiro atoms. The van der Waals surface area contributed by atoms with Gasteiger partial charge in [0.25, 0.3) is 0 Å². The molecule has 5 nitrogen and oxygen atoms in total. The Morgan fingerprint density at radius 3 is 2.41 bits per heavy atom. The molecule has 6 heteroatoms. The van der Waals surface area contributed by atoms with Crippen LogP contribution in [0.1, 0.15) is 13.3 Å². The average molecular weight is 303 g/mol. The zero-order chi connectivity index (χ0) is 13.2. The number of carboxylic acids is 2. The van der Waals surface area contributed by atoms with E-state index in [2.05, 4.69) is 15.9 Å². The third-order valence-electron chi connectivity index (χ3n) is 2.57. The van der Waals surface area contributed by atoms with Crippen LogP contribution in [0.4, 0.5) is 0 Å². The zero-order valence-corrected chi connectivity index (χ0v) is 10.7. The summed E-state index contributed by atoms with van der Waals surface area (Å²) in [5.41, 5.74) is -1.30. The van der Waals surface area contributed by atoms with E-state index in [0.717, 1.165) is 0 Å². The van der Waals surface area contributed by atoms with Gasteiger partial charge in [0.2, 0.25) is 0 Å². The van der Waals surface area contributed by atoms with Crippen LogP contribution >= 0.6 is 15.9 Å². The number of allylic oxidation sites excluding steroid dienone is 2. The Hall–Kier alpha value is -1.43.